The number of nitrogens with zero attached hydrogens (tertiary/aromatic N) is 1. The molecule has 0 fully saturated rings. The number of furan rings is 1. The van der Waals surface area contributed by atoms with Crippen molar-refractivity contribution in [2.75, 3.05) is 6.54 Å². The predicted octanol–water partition coefficient (Wildman–Crippen LogP) is 3.45. The Morgan fingerprint density at radius 3 is 2.88 bits per heavy atom. The first-order valence-electron chi connectivity index (χ1n) is 7.75. The van der Waals surface area contributed by atoms with Crippen molar-refractivity contribution in [3.8, 4) is 5.75 Å². The van der Waals surface area contributed by atoms with E-state index >= 15 is 0 Å². The van der Waals surface area contributed by atoms with Gasteiger partial charge in [-0.1, -0.05) is 17.7 Å². The SMILES string of the molecule is Cc1ccc(OCc2nc(CNCC(O)c3ccco3)cs2)cc1. The van der Waals surface area contributed by atoms with Gasteiger partial charge in [0.15, 0.2) is 0 Å². The van der Waals surface area contributed by atoms with Crippen molar-refractivity contribution >= 4 is 11.3 Å². The molecule has 0 aliphatic heterocycles. The highest BCUT2D eigenvalue weighted by Gasteiger charge is 2.10. The van der Waals surface area contributed by atoms with E-state index in [2.05, 4.69) is 10.3 Å². The number of aliphatic hydroxyl groups excluding tert-OH is 1. The quantitative estimate of drug-likeness (QED) is 0.655. The normalized spacial score (nSPS) is 12.2. The van der Waals surface area contributed by atoms with Crippen LogP contribution >= 0.6 is 11.3 Å². The molecule has 2 heterocycles. The van der Waals surface area contributed by atoms with E-state index in [1.54, 1.807) is 29.7 Å². The third-order valence-corrected chi connectivity index (χ3v) is 4.37. The van der Waals surface area contributed by atoms with Crippen LogP contribution in [0.3, 0.4) is 0 Å². The zero-order valence-electron chi connectivity index (χ0n) is 13.4. The fourth-order valence-corrected chi connectivity index (χ4v) is 2.90. The summed E-state index contributed by atoms with van der Waals surface area (Å²) in [5.41, 5.74) is 2.15. The van der Waals surface area contributed by atoms with Gasteiger partial charge in [-0.2, -0.15) is 0 Å². The predicted molar refractivity (Wildman–Crippen MR) is 93.0 cm³/mol. The Bertz CT molecular complexity index is 738. The number of nitrogens with one attached hydrogen (secondary N) is 1. The molecule has 3 aromatic rings. The molecule has 2 N–H and O–H groups in total. The Balaban J connectivity index is 1.42. The summed E-state index contributed by atoms with van der Waals surface area (Å²) in [4.78, 5) is 4.53. The summed E-state index contributed by atoms with van der Waals surface area (Å²) in [5.74, 6) is 1.41. The third-order valence-electron chi connectivity index (χ3n) is 3.50. The minimum atomic E-state index is -0.650. The van der Waals surface area contributed by atoms with Crippen LogP contribution in [-0.4, -0.2) is 16.6 Å². The fraction of sp³-hybridized carbons (Fsp3) is 0.278. The molecule has 1 aromatic carbocycles. The number of hydrogen-bond acceptors (Lipinski definition) is 6. The molecule has 0 radical (unpaired) electrons. The van der Waals surface area contributed by atoms with Crippen molar-refractivity contribution in [3.63, 3.8) is 0 Å². The minimum absolute atomic E-state index is 0.417. The Morgan fingerprint density at radius 1 is 1.29 bits per heavy atom. The molecule has 3 rings (SSSR count). The van der Waals surface area contributed by atoms with Gasteiger partial charge in [-0.05, 0) is 31.2 Å². The maximum Gasteiger partial charge on any atom is 0.140 e. The summed E-state index contributed by atoms with van der Waals surface area (Å²) < 4.78 is 10.9. The van der Waals surface area contributed by atoms with Crippen LogP contribution in [0.15, 0.2) is 52.5 Å². The number of aliphatic hydroxyl groups is 1. The molecule has 0 aliphatic rings. The maximum atomic E-state index is 9.93. The minimum Gasteiger partial charge on any atom is -0.486 e. The summed E-state index contributed by atoms with van der Waals surface area (Å²) >= 11 is 1.57. The smallest absolute Gasteiger partial charge is 0.140 e. The zero-order chi connectivity index (χ0) is 16.8. The van der Waals surface area contributed by atoms with Gasteiger partial charge in [0.05, 0.1) is 12.0 Å². The highest BCUT2D eigenvalue weighted by atomic mass is 32.1. The molecule has 6 heteroatoms. The van der Waals surface area contributed by atoms with E-state index in [0.29, 0.717) is 25.5 Å². The lowest BCUT2D eigenvalue weighted by molar-refractivity contribution is 0.147. The second-order valence-corrected chi connectivity index (χ2v) is 6.44. The van der Waals surface area contributed by atoms with E-state index in [1.165, 1.54) is 5.56 Å². The van der Waals surface area contributed by atoms with Gasteiger partial charge in [0.25, 0.3) is 0 Å². The van der Waals surface area contributed by atoms with Crippen LogP contribution in [0.25, 0.3) is 0 Å². The van der Waals surface area contributed by atoms with Gasteiger partial charge in [-0.15, -0.1) is 11.3 Å². The van der Waals surface area contributed by atoms with Gasteiger partial charge in [0, 0.05) is 18.5 Å². The van der Waals surface area contributed by atoms with Gasteiger partial charge < -0.3 is 19.6 Å². The van der Waals surface area contributed by atoms with Crippen molar-refractivity contribution in [1.82, 2.24) is 10.3 Å². The average Bonchev–Trinajstić information content (AvgIpc) is 3.26. The highest BCUT2D eigenvalue weighted by molar-refractivity contribution is 7.09. The molecule has 0 amide bonds. The van der Waals surface area contributed by atoms with Gasteiger partial charge in [-0.25, -0.2) is 4.98 Å². The number of ether oxygens (including phenoxy) is 1. The van der Waals surface area contributed by atoms with E-state index in [1.807, 2.05) is 36.6 Å². The van der Waals surface area contributed by atoms with Gasteiger partial charge in [-0.3, -0.25) is 0 Å². The monoisotopic (exact) mass is 344 g/mol. The summed E-state index contributed by atoms with van der Waals surface area (Å²) in [5, 5.41) is 16.0. The zero-order valence-corrected chi connectivity index (χ0v) is 14.3. The number of rotatable bonds is 8. The van der Waals surface area contributed by atoms with Gasteiger partial charge in [0.1, 0.15) is 29.2 Å². The average molecular weight is 344 g/mol. The molecule has 0 spiro atoms. The summed E-state index contributed by atoms with van der Waals surface area (Å²) in [6.45, 7) is 3.52. The van der Waals surface area contributed by atoms with Crippen molar-refractivity contribution < 1.29 is 14.3 Å². The van der Waals surface area contributed by atoms with Crippen LogP contribution in [0.2, 0.25) is 0 Å². The number of benzene rings is 1. The number of aromatic nitrogens is 1. The molecule has 0 aliphatic carbocycles. The highest BCUT2D eigenvalue weighted by Crippen LogP contribution is 2.16. The summed E-state index contributed by atoms with van der Waals surface area (Å²) in [7, 11) is 0. The first kappa shape index (κ1) is 16.7. The van der Waals surface area contributed by atoms with Crippen LogP contribution in [-0.2, 0) is 13.2 Å². The Hall–Kier alpha value is -2.15. The fourth-order valence-electron chi connectivity index (χ4n) is 2.19. The Labute approximate surface area is 144 Å². The van der Waals surface area contributed by atoms with E-state index in [9.17, 15) is 5.11 Å². The van der Waals surface area contributed by atoms with Crippen LogP contribution in [0, 0.1) is 6.92 Å². The molecule has 1 atom stereocenters. The number of aryl methyl sites for hydroxylation is 1. The first-order valence-corrected chi connectivity index (χ1v) is 8.63. The standard InChI is InChI=1S/C18H20N2O3S/c1-13-4-6-15(7-5-13)23-11-18-20-14(12-24-18)9-19-10-16(21)17-3-2-8-22-17/h2-8,12,16,19,21H,9-11H2,1H3. The molecule has 0 saturated carbocycles. The summed E-state index contributed by atoms with van der Waals surface area (Å²) in [6.07, 6.45) is 0.905. The molecule has 0 bridgehead atoms. The first-order chi connectivity index (χ1) is 11.7. The molecule has 5 nitrogen and oxygen atoms in total. The van der Waals surface area contributed by atoms with Crippen LogP contribution in [0.5, 0.6) is 5.75 Å². The lowest BCUT2D eigenvalue weighted by Gasteiger charge is -2.08. The topological polar surface area (TPSA) is 67.5 Å². The third kappa shape index (κ3) is 4.67. The van der Waals surface area contributed by atoms with E-state index in [-0.39, 0.29) is 0 Å². The number of thiazole rings is 1. The van der Waals surface area contributed by atoms with Crippen molar-refractivity contribution in [1.29, 1.82) is 0 Å². The maximum absolute atomic E-state index is 9.93. The Morgan fingerprint density at radius 2 is 2.12 bits per heavy atom. The number of hydrogen-bond donors (Lipinski definition) is 2. The van der Waals surface area contributed by atoms with Gasteiger partial charge in [0.2, 0.25) is 0 Å². The Kier molecular flexibility index (Phi) is 5.63. The van der Waals surface area contributed by atoms with Crippen molar-refractivity contribution in [3.05, 3.63) is 70.1 Å². The van der Waals surface area contributed by atoms with Crippen LogP contribution in [0.1, 0.15) is 28.1 Å². The molecule has 0 saturated heterocycles. The second-order valence-electron chi connectivity index (χ2n) is 5.50. The van der Waals surface area contributed by atoms with Crippen LogP contribution < -0.4 is 10.1 Å². The molecule has 1 unspecified atom stereocenters. The molecule has 24 heavy (non-hydrogen) atoms. The molecular weight excluding hydrogens is 324 g/mol. The van der Waals surface area contributed by atoms with Crippen molar-refractivity contribution in [2.45, 2.75) is 26.2 Å². The molecule has 2 aromatic heterocycles. The van der Waals surface area contributed by atoms with E-state index in [0.717, 1.165) is 16.5 Å². The second kappa shape index (κ2) is 8.10. The molecule has 126 valence electrons. The van der Waals surface area contributed by atoms with Crippen molar-refractivity contribution in [2.24, 2.45) is 0 Å². The summed E-state index contributed by atoms with van der Waals surface area (Å²) in [6, 6.07) is 11.5. The van der Waals surface area contributed by atoms with E-state index in [4.69, 9.17) is 9.15 Å². The lowest BCUT2D eigenvalue weighted by atomic mass is 10.2. The molecular formula is C18H20N2O3S. The van der Waals surface area contributed by atoms with E-state index < -0.39 is 6.10 Å². The largest absolute Gasteiger partial charge is 0.486 e. The van der Waals surface area contributed by atoms with Gasteiger partial charge >= 0.3 is 0 Å². The van der Waals surface area contributed by atoms with Crippen LogP contribution in [0.4, 0.5) is 0 Å². The lowest BCUT2D eigenvalue weighted by Crippen LogP contribution is -2.21.